The fourth-order valence-electron chi connectivity index (χ4n) is 4.35. The van der Waals surface area contributed by atoms with E-state index in [-0.39, 0.29) is 17.4 Å². The third-order valence-electron chi connectivity index (χ3n) is 6.72. The monoisotopic (exact) mass is 557 g/mol. The van der Waals surface area contributed by atoms with Crippen LogP contribution in [-0.2, 0) is 17.6 Å². The smallest absolute Gasteiger partial charge is 0.324 e. The third-order valence-corrected chi connectivity index (χ3v) is 7.54. The van der Waals surface area contributed by atoms with E-state index in [1.807, 2.05) is 42.2 Å². The summed E-state index contributed by atoms with van der Waals surface area (Å²) in [6, 6.07) is 14.0. The van der Waals surface area contributed by atoms with Gasteiger partial charge < -0.3 is 15.3 Å². The summed E-state index contributed by atoms with van der Waals surface area (Å²) in [6.07, 6.45) is 4.26. The molecule has 4 rings (SSSR count). The molecule has 1 aromatic heterocycles. The lowest BCUT2D eigenvalue weighted by molar-refractivity contribution is -0.134. The number of anilines is 2. The van der Waals surface area contributed by atoms with Crippen LogP contribution in [0.5, 0.6) is 0 Å². The molecule has 0 spiro atoms. The van der Waals surface area contributed by atoms with Crippen LogP contribution in [0.15, 0.2) is 48.5 Å². The Kier molecular flexibility index (Phi) is 8.97. The van der Waals surface area contributed by atoms with Crippen molar-refractivity contribution in [1.29, 1.82) is 0 Å². The van der Waals surface area contributed by atoms with Crippen LogP contribution in [-0.4, -0.2) is 50.4 Å². The molecule has 10 heteroatoms. The van der Waals surface area contributed by atoms with E-state index < -0.39 is 11.6 Å². The number of aromatic nitrogens is 2. The number of likely N-dealkylation sites (tertiary alicyclic amines) is 1. The Labute approximate surface area is 232 Å². The average Bonchev–Trinajstić information content (AvgIpc) is 3.28. The molecule has 8 nitrogen and oxygen atoms in total. The van der Waals surface area contributed by atoms with Crippen molar-refractivity contribution in [2.45, 2.75) is 58.0 Å². The van der Waals surface area contributed by atoms with Crippen LogP contribution in [0.4, 0.5) is 16.3 Å². The molecular formula is C28H33Cl2N5O3. The minimum Gasteiger partial charge on any atom is -0.390 e. The standard InChI is InChI=1S/C28H33Cl2N5O3/c1-3-4-6-20-18-24(32-27(37)31-23-8-5-7-22(29)26(23)30)35(33-20)21-11-9-19(10-12-21)17-25(36)34-15-13-28(2,38)14-16-34/h5,7-12,18,38H,3-4,6,13-17H2,1-2H3,(H2,31,32,37). The van der Waals surface area contributed by atoms with E-state index in [4.69, 9.17) is 28.3 Å². The van der Waals surface area contributed by atoms with Crippen LogP contribution >= 0.6 is 23.2 Å². The van der Waals surface area contributed by atoms with Crippen LogP contribution in [0, 0.1) is 0 Å². The number of carbonyl (C=O) groups excluding carboxylic acids is 2. The number of nitrogens with zero attached hydrogens (tertiary/aromatic N) is 3. The number of rotatable bonds is 8. The average molecular weight is 559 g/mol. The SMILES string of the molecule is CCCCc1cc(NC(=O)Nc2cccc(Cl)c2Cl)n(-c2ccc(CC(=O)N3CCC(C)(O)CC3)cc2)n1. The quantitative estimate of drug-likeness (QED) is 0.312. The van der Waals surface area contributed by atoms with E-state index in [1.165, 1.54) is 0 Å². The molecule has 3 amide bonds. The number of piperidine rings is 1. The van der Waals surface area contributed by atoms with Crippen LogP contribution in [0.1, 0.15) is 50.8 Å². The first-order valence-electron chi connectivity index (χ1n) is 12.9. The van der Waals surface area contributed by atoms with Gasteiger partial charge in [-0.3, -0.25) is 10.1 Å². The molecule has 3 N–H and O–H groups in total. The number of halogens is 2. The van der Waals surface area contributed by atoms with E-state index in [0.717, 1.165) is 36.2 Å². The van der Waals surface area contributed by atoms with E-state index in [2.05, 4.69) is 17.6 Å². The van der Waals surface area contributed by atoms with Gasteiger partial charge in [0.1, 0.15) is 5.82 Å². The van der Waals surface area contributed by atoms with Crippen LogP contribution in [0.3, 0.4) is 0 Å². The molecular weight excluding hydrogens is 525 g/mol. The fourth-order valence-corrected chi connectivity index (χ4v) is 4.69. The lowest BCUT2D eigenvalue weighted by atomic mass is 9.93. The van der Waals surface area contributed by atoms with Crippen LogP contribution < -0.4 is 10.6 Å². The molecule has 0 atom stereocenters. The van der Waals surface area contributed by atoms with Crippen molar-refractivity contribution >= 4 is 46.6 Å². The molecule has 0 unspecified atom stereocenters. The largest absolute Gasteiger partial charge is 0.390 e. The number of urea groups is 1. The van der Waals surface area contributed by atoms with Gasteiger partial charge in [-0.15, -0.1) is 0 Å². The van der Waals surface area contributed by atoms with Crippen molar-refractivity contribution in [3.05, 3.63) is 69.8 Å². The molecule has 1 saturated heterocycles. The Hall–Kier alpha value is -3.07. The molecule has 3 aromatic rings. The second-order valence-electron chi connectivity index (χ2n) is 9.94. The molecule has 1 fully saturated rings. The lowest BCUT2D eigenvalue weighted by Crippen LogP contribution is -2.45. The number of unbranched alkanes of at least 4 members (excludes halogenated alkanes) is 1. The highest BCUT2D eigenvalue weighted by Gasteiger charge is 2.29. The van der Waals surface area contributed by atoms with Crippen molar-refractivity contribution in [2.24, 2.45) is 0 Å². The number of aryl methyl sites for hydroxylation is 1. The zero-order chi connectivity index (χ0) is 27.3. The lowest BCUT2D eigenvalue weighted by Gasteiger charge is -2.35. The first-order valence-corrected chi connectivity index (χ1v) is 13.6. The van der Waals surface area contributed by atoms with Gasteiger partial charge in [0.15, 0.2) is 0 Å². The number of amides is 3. The van der Waals surface area contributed by atoms with Gasteiger partial charge in [-0.25, -0.2) is 9.48 Å². The number of carbonyl (C=O) groups is 2. The van der Waals surface area contributed by atoms with Crippen molar-refractivity contribution < 1.29 is 14.7 Å². The summed E-state index contributed by atoms with van der Waals surface area (Å²) < 4.78 is 1.68. The summed E-state index contributed by atoms with van der Waals surface area (Å²) in [6.45, 7) is 5.06. The van der Waals surface area contributed by atoms with Crippen LogP contribution in [0.2, 0.25) is 10.0 Å². The Balaban J connectivity index is 1.47. The van der Waals surface area contributed by atoms with Gasteiger partial charge >= 0.3 is 6.03 Å². The molecule has 202 valence electrons. The van der Waals surface area contributed by atoms with Gasteiger partial charge in [-0.2, -0.15) is 5.10 Å². The molecule has 1 aliphatic rings. The van der Waals surface area contributed by atoms with E-state index in [0.29, 0.717) is 42.5 Å². The second-order valence-corrected chi connectivity index (χ2v) is 10.7. The molecule has 1 aliphatic heterocycles. The predicted molar refractivity (Wildman–Crippen MR) is 151 cm³/mol. The first-order chi connectivity index (χ1) is 18.1. The molecule has 38 heavy (non-hydrogen) atoms. The summed E-state index contributed by atoms with van der Waals surface area (Å²) in [5, 5.41) is 21.1. The Morgan fingerprint density at radius 2 is 1.79 bits per heavy atom. The summed E-state index contributed by atoms with van der Waals surface area (Å²) in [4.78, 5) is 27.4. The number of benzene rings is 2. The van der Waals surface area contributed by atoms with Crippen LogP contribution in [0.25, 0.3) is 5.69 Å². The topological polar surface area (TPSA) is 99.5 Å². The number of hydrogen-bond acceptors (Lipinski definition) is 4. The Bertz CT molecular complexity index is 1280. The van der Waals surface area contributed by atoms with Crippen molar-refractivity contribution in [3.8, 4) is 5.69 Å². The van der Waals surface area contributed by atoms with Gasteiger partial charge in [0.2, 0.25) is 5.91 Å². The van der Waals surface area contributed by atoms with E-state index >= 15 is 0 Å². The summed E-state index contributed by atoms with van der Waals surface area (Å²) in [5.74, 6) is 0.559. The number of nitrogens with one attached hydrogen (secondary N) is 2. The van der Waals surface area contributed by atoms with Gasteiger partial charge in [-0.1, -0.05) is 54.7 Å². The molecule has 0 radical (unpaired) electrons. The zero-order valence-corrected chi connectivity index (χ0v) is 23.1. The summed E-state index contributed by atoms with van der Waals surface area (Å²) >= 11 is 12.3. The molecule has 0 aliphatic carbocycles. The second kappa shape index (κ2) is 12.2. The maximum absolute atomic E-state index is 12.8. The molecule has 2 aromatic carbocycles. The minimum absolute atomic E-state index is 0.0490. The normalized spacial score (nSPS) is 14.8. The fraction of sp³-hybridized carbons (Fsp3) is 0.393. The molecule has 2 heterocycles. The van der Waals surface area contributed by atoms with Gasteiger partial charge in [0.25, 0.3) is 0 Å². The van der Waals surface area contributed by atoms with Gasteiger partial charge in [0, 0.05) is 19.2 Å². The molecule has 0 saturated carbocycles. The Morgan fingerprint density at radius 1 is 1.08 bits per heavy atom. The zero-order valence-electron chi connectivity index (χ0n) is 21.6. The van der Waals surface area contributed by atoms with Crippen molar-refractivity contribution in [1.82, 2.24) is 14.7 Å². The maximum Gasteiger partial charge on any atom is 0.324 e. The maximum atomic E-state index is 12.8. The summed E-state index contributed by atoms with van der Waals surface area (Å²) in [7, 11) is 0. The highest BCUT2D eigenvalue weighted by Crippen LogP contribution is 2.30. The van der Waals surface area contributed by atoms with Gasteiger partial charge in [0.05, 0.1) is 39.1 Å². The minimum atomic E-state index is -0.693. The summed E-state index contributed by atoms with van der Waals surface area (Å²) in [5.41, 5.74) is 2.22. The number of hydrogen-bond donors (Lipinski definition) is 3. The third kappa shape index (κ3) is 7.07. The highest BCUT2D eigenvalue weighted by atomic mass is 35.5. The van der Waals surface area contributed by atoms with Crippen molar-refractivity contribution in [3.63, 3.8) is 0 Å². The predicted octanol–water partition coefficient (Wildman–Crippen LogP) is 6.08. The first kappa shape index (κ1) is 28.0. The molecule has 0 bridgehead atoms. The Morgan fingerprint density at radius 3 is 2.47 bits per heavy atom. The highest BCUT2D eigenvalue weighted by molar-refractivity contribution is 6.44. The number of aliphatic hydroxyl groups is 1. The van der Waals surface area contributed by atoms with E-state index in [9.17, 15) is 14.7 Å². The van der Waals surface area contributed by atoms with Crippen molar-refractivity contribution in [2.75, 3.05) is 23.7 Å². The van der Waals surface area contributed by atoms with E-state index in [1.54, 1.807) is 22.9 Å². The van der Waals surface area contributed by atoms with Gasteiger partial charge in [-0.05, 0) is 62.4 Å².